The van der Waals surface area contributed by atoms with Crippen LogP contribution in [0.5, 0.6) is 5.88 Å². The van der Waals surface area contributed by atoms with Crippen molar-refractivity contribution in [3.63, 3.8) is 0 Å². The maximum absolute atomic E-state index is 12.0. The highest BCUT2D eigenvalue weighted by molar-refractivity contribution is 6.01. The van der Waals surface area contributed by atoms with E-state index in [1.807, 2.05) is 20.8 Å². The van der Waals surface area contributed by atoms with Gasteiger partial charge in [-0.1, -0.05) is 41.5 Å². The second-order valence-corrected chi connectivity index (χ2v) is 6.78. The molecule has 0 unspecified atom stereocenters. The Balaban J connectivity index is 2.97. The van der Waals surface area contributed by atoms with Crippen LogP contribution >= 0.6 is 0 Å². The largest absolute Gasteiger partial charge is 0.493 e. The van der Waals surface area contributed by atoms with Gasteiger partial charge in [-0.3, -0.25) is 9.59 Å². The van der Waals surface area contributed by atoms with E-state index in [1.54, 1.807) is 20.8 Å². The van der Waals surface area contributed by atoms with Crippen LogP contribution < -0.4 is 0 Å². The summed E-state index contributed by atoms with van der Waals surface area (Å²) in [4.78, 5) is 27.9. The maximum Gasteiger partial charge on any atom is 0.242 e. The Morgan fingerprint density at radius 1 is 1.21 bits per heavy atom. The van der Waals surface area contributed by atoms with Gasteiger partial charge in [0.05, 0.1) is 6.42 Å². The van der Waals surface area contributed by atoms with E-state index in [1.165, 1.54) is 6.33 Å². The number of aromatic hydroxyl groups is 1. The van der Waals surface area contributed by atoms with Gasteiger partial charge in [0.2, 0.25) is 11.8 Å². The standard InChI is InChI=1S/C14H22N2O3/c1-13(2,3)9(17)7-10(18)16-8-15-11(12(16)19)14(4,5)6/h8,19H,7H2,1-6H3. The lowest BCUT2D eigenvalue weighted by Gasteiger charge is -2.17. The summed E-state index contributed by atoms with van der Waals surface area (Å²) in [5, 5.41) is 10.0. The van der Waals surface area contributed by atoms with Gasteiger partial charge in [0, 0.05) is 10.8 Å². The molecule has 1 aromatic rings. The number of Topliss-reactive ketones (excluding diaryl/α,β-unsaturated/α-hetero) is 1. The average Bonchev–Trinajstić information content (AvgIpc) is 2.57. The molecule has 106 valence electrons. The second kappa shape index (κ2) is 4.79. The minimum atomic E-state index is -0.571. The minimum absolute atomic E-state index is 0.164. The maximum atomic E-state index is 12.0. The highest BCUT2D eigenvalue weighted by Gasteiger charge is 2.28. The Morgan fingerprint density at radius 2 is 1.74 bits per heavy atom. The molecule has 1 aromatic heterocycles. The summed E-state index contributed by atoms with van der Waals surface area (Å²) in [6.45, 7) is 11.0. The third kappa shape index (κ3) is 3.43. The first kappa shape index (κ1) is 15.4. The minimum Gasteiger partial charge on any atom is -0.493 e. The summed E-state index contributed by atoms with van der Waals surface area (Å²) in [5.74, 6) is -0.803. The molecule has 0 aliphatic rings. The normalized spacial score (nSPS) is 12.5. The number of rotatable bonds is 2. The molecule has 0 saturated carbocycles. The van der Waals surface area contributed by atoms with Crippen molar-refractivity contribution in [1.29, 1.82) is 0 Å². The van der Waals surface area contributed by atoms with Crippen LogP contribution in [0.1, 0.15) is 58.5 Å². The summed E-state index contributed by atoms with van der Waals surface area (Å²) in [5.41, 5.74) is -0.480. The first-order chi connectivity index (χ1) is 8.44. The van der Waals surface area contributed by atoms with Crippen LogP contribution in [0.4, 0.5) is 0 Å². The third-order valence-corrected chi connectivity index (χ3v) is 2.87. The molecule has 1 heterocycles. The van der Waals surface area contributed by atoms with E-state index < -0.39 is 11.3 Å². The van der Waals surface area contributed by atoms with Gasteiger partial charge in [0.25, 0.3) is 0 Å². The van der Waals surface area contributed by atoms with Crippen molar-refractivity contribution in [2.75, 3.05) is 0 Å². The molecule has 0 spiro atoms. The molecule has 0 amide bonds. The molecule has 1 rings (SSSR count). The second-order valence-electron chi connectivity index (χ2n) is 6.78. The van der Waals surface area contributed by atoms with Crippen LogP contribution in [-0.4, -0.2) is 26.3 Å². The Morgan fingerprint density at radius 3 is 2.11 bits per heavy atom. The monoisotopic (exact) mass is 266 g/mol. The predicted octanol–water partition coefficient (Wildman–Crippen LogP) is 2.53. The number of carbonyl (C=O) groups excluding carboxylic acids is 2. The number of nitrogens with zero attached hydrogens (tertiary/aromatic N) is 2. The molecule has 1 N–H and O–H groups in total. The van der Waals surface area contributed by atoms with Crippen molar-refractivity contribution < 1.29 is 14.7 Å². The Labute approximate surface area is 113 Å². The van der Waals surface area contributed by atoms with Crippen LogP contribution in [0.2, 0.25) is 0 Å². The first-order valence-corrected chi connectivity index (χ1v) is 6.28. The zero-order chi connectivity index (χ0) is 15.0. The fraction of sp³-hybridized carbons (Fsp3) is 0.643. The van der Waals surface area contributed by atoms with Crippen LogP contribution in [0.25, 0.3) is 0 Å². The molecule has 0 aromatic carbocycles. The lowest BCUT2D eigenvalue weighted by molar-refractivity contribution is -0.125. The smallest absolute Gasteiger partial charge is 0.242 e. The van der Waals surface area contributed by atoms with Crippen molar-refractivity contribution in [1.82, 2.24) is 9.55 Å². The number of hydrogen-bond donors (Lipinski definition) is 1. The van der Waals surface area contributed by atoms with Gasteiger partial charge in [-0.2, -0.15) is 0 Å². The van der Waals surface area contributed by atoms with Crippen LogP contribution in [0.15, 0.2) is 6.33 Å². The predicted molar refractivity (Wildman–Crippen MR) is 72.3 cm³/mol. The zero-order valence-corrected chi connectivity index (χ0v) is 12.4. The Bertz CT molecular complexity index is 502. The van der Waals surface area contributed by atoms with E-state index >= 15 is 0 Å². The van der Waals surface area contributed by atoms with Gasteiger partial charge >= 0.3 is 0 Å². The zero-order valence-electron chi connectivity index (χ0n) is 12.4. The molecule has 0 aliphatic heterocycles. The van der Waals surface area contributed by atoms with E-state index in [2.05, 4.69) is 4.98 Å². The molecular formula is C14H22N2O3. The van der Waals surface area contributed by atoms with E-state index in [0.29, 0.717) is 5.69 Å². The van der Waals surface area contributed by atoms with Crippen LogP contribution in [-0.2, 0) is 10.2 Å². The lowest BCUT2D eigenvalue weighted by Crippen LogP contribution is -2.25. The highest BCUT2D eigenvalue weighted by atomic mass is 16.3. The molecule has 0 atom stereocenters. The molecular weight excluding hydrogens is 244 g/mol. The lowest BCUT2D eigenvalue weighted by atomic mass is 9.89. The van der Waals surface area contributed by atoms with E-state index in [-0.39, 0.29) is 23.5 Å². The molecule has 0 fully saturated rings. The topological polar surface area (TPSA) is 72.2 Å². The molecule has 0 saturated heterocycles. The fourth-order valence-electron chi connectivity index (χ4n) is 1.54. The van der Waals surface area contributed by atoms with Crippen molar-refractivity contribution in [3.8, 4) is 5.88 Å². The summed E-state index contributed by atoms with van der Waals surface area (Å²) in [7, 11) is 0. The van der Waals surface area contributed by atoms with Crippen molar-refractivity contribution in [2.45, 2.75) is 53.4 Å². The molecule has 0 radical (unpaired) electrons. The first-order valence-electron chi connectivity index (χ1n) is 6.28. The van der Waals surface area contributed by atoms with Gasteiger partial charge in [0.15, 0.2) is 0 Å². The summed E-state index contributed by atoms with van der Waals surface area (Å²) in [6, 6.07) is 0. The number of carbonyl (C=O) groups is 2. The van der Waals surface area contributed by atoms with Crippen molar-refractivity contribution >= 4 is 11.7 Å². The molecule has 19 heavy (non-hydrogen) atoms. The summed E-state index contributed by atoms with van der Waals surface area (Å²) < 4.78 is 1.05. The quantitative estimate of drug-likeness (QED) is 0.835. The van der Waals surface area contributed by atoms with E-state index in [4.69, 9.17) is 0 Å². The Kier molecular flexibility index (Phi) is 3.89. The van der Waals surface area contributed by atoms with Crippen molar-refractivity contribution in [2.24, 2.45) is 5.41 Å². The van der Waals surface area contributed by atoms with Crippen molar-refractivity contribution in [3.05, 3.63) is 12.0 Å². The van der Waals surface area contributed by atoms with Crippen LogP contribution in [0, 0.1) is 5.41 Å². The van der Waals surface area contributed by atoms with Gasteiger partial charge in [-0.15, -0.1) is 0 Å². The number of ketones is 1. The van der Waals surface area contributed by atoms with Gasteiger partial charge in [-0.25, -0.2) is 9.55 Å². The summed E-state index contributed by atoms with van der Waals surface area (Å²) >= 11 is 0. The molecule has 5 nitrogen and oxygen atoms in total. The number of aromatic nitrogens is 2. The van der Waals surface area contributed by atoms with Gasteiger partial charge < -0.3 is 5.11 Å². The molecule has 5 heteroatoms. The fourth-order valence-corrected chi connectivity index (χ4v) is 1.54. The number of hydrogen-bond acceptors (Lipinski definition) is 4. The molecule has 0 bridgehead atoms. The van der Waals surface area contributed by atoms with E-state index in [9.17, 15) is 14.7 Å². The van der Waals surface area contributed by atoms with Crippen LogP contribution in [0.3, 0.4) is 0 Å². The van der Waals surface area contributed by atoms with Gasteiger partial charge in [-0.05, 0) is 0 Å². The SMILES string of the molecule is CC(C)(C)C(=O)CC(=O)n1cnc(C(C)(C)C)c1O. The Hall–Kier alpha value is -1.65. The third-order valence-electron chi connectivity index (χ3n) is 2.87. The number of imidazole rings is 1. The van der Waals surface area contributed by atoms with E-state index in [0.717, 1.165) is 4.57 Å². The summed E-state index contributed by atoms with van der Waals surface area (Å²) in [6.07, 6.45) is 1.03. The average molecular weight is 266 g/mol. The highest BCUT2D eigenvalue weighted by Crippen LogP contribution is 2.29. The van der Waals surface area contributed by atoms with Gasteiger partial charge in [0.1, 0.15) is 17.8 Å². The molecule has 0 aliphatic carbocycles.